The molecule has 0 aromatic carbocycles. The molecular formula is C10H15BrN2O. The molecule has 0 radical (unpaired) electrons. The fraction of sp³-hybridized carbons (Fsp3) is 0.600. The van der Waals surface area contributed by atoms with Crippen molar-refractivity contribution in [1.82, 2.24) is 4.90 Å². The van der Waals surface area contributed by atoms with Gasteiger partial charge in [0.15, 0.2) is 0 Å². The molecular weight excluding hydrogens is 244 g/mol. The van der Waals surface area contributed by atoms with E-state index < -0.39 is 0 Å². The highest BCUT2D eigenvalue weighted by Crippen LogP contribution is 2.04. The van der Waals surface area contributed by atoms with E-state index in [1.807, 2.05) is 13.8 Å². The number of nitriles is 1. The number of halogens is 1. The van der Waals surface area contributed by atoms with Gasteiger partial charge in [-0.15, -0.1) is 0 Å². The summed E-state index contributed by atoms with van der Waals surface area (Å²) in [4.78, 5) is 13.2. The van der Waals surface area contributed by atoms with Crippen molar-refractivity contribution in [2.45, 2.75) is 26.3 Å². The summed E-state index contributed by atoms with van der Waals surface area (Å²) in [6.07, 6.45) is 3.66. The van der Waals surface area contributed by atoms with Crippen LogP contribution in [0.25, 0.3) is 0 Å². The Labute approximate surface area is 93.5 Å². The fourth-order valence-electron chi connectivity index (χ4n) is 1.17. The lowest BCUT2D eigenvalue weighted by molar-refractivity contribution is -0.127. The van der Waals surface area contributed by atoms with Gasteiger partial charge in [-0.3, -0.25) is 4.79 Å². The molecule has 14 heavy (non-hydrogen) atoms. The Morgan fingerprint density at radius 1 is 1.71 bits per heavy atom. The van der Waals surface area contributed by atoms with Gasteiger partial charge in [-0.1, -0.05) is 22.0 Å². The summed E-state index contributed by atoms with van der Waals surface area (Å²) in [5.74, 6) is -0.0327. The highest BCUT2D eigenvalue weighted by atomic mass is 79.9. The van der Waals surface area contributed by atoms with E-state index in [9.17, 15) is 4.79 Å². The second-order valence-electron chi connectivity index (χ2n) is 2.89. The van der Waals surface area contributed by atoms with Crippen LogP contribution >= 0.6 is 15.9 Å². The molecule has 0 N–H and O–H groups in total. The molecule has 4 heteroatoms. The van der Waals surface area contributed by atoms with Gasteiger partial charge in [0.05, 0.1) is 12.5 Å². The smallest absolute Gasteiger partial charge is 0.246 e. The van der Waals surface area contributed by atoms with E-state index in [-0.39, 0.29) is 11.9 Å². The maximum absolute atomic E-state index is 11.6. The van der Waals surface area contributed by atoms with Crippen LogP contribution in [0, 0.1) is 11.3 Å². The van der Waals surface area contributed by atoms with Crippen LogP contribution < -0.4 is 0 Å². The number of carbonyl (C=O) groups is 1. The number of hydrogen-bond acceptors (Lipinski definition) is 2. The number of allylic oxidation sites excluding steroid dienone is 1. The van der Waals surface area contributed by atoms with E-state index in [1.54, 1.807) is 11.0 Å². The van der Waals surface area contributed by atoms with Gasteiger partial charge < -0.3 is 4.90 Å². The highest BCUT2D eigenvalue weighted by Gasteiger charge is 2.15. The maximum Gasteiger partial charge on any atom is 0.246 e. The number of likely N-dealkylation sites (N-methyl/N-ethyl adjacent to an activating group) is 1. The van der Waals surface area contributed by atoms with Crippen LogP contribution in [-0.2, 0) is 4.79 Å². The van der Waals surface area contributed by atoms with Crippen molar-refractivity contribution < 1.29 is 4.79 Å². The molecule has 0 aromatic heterocycles. The number of rotatable bonds is 5. The first kappa shape index (κ1) is 13.2. The first-order valence-electron chi connectivity index (χ1n) is 4.57. The molecule has 0 rings (SSSR count). The topological polar surface area (TPSA) is 44.1 Å². The van der Waals surface area contributed by atoms with Crippen LogP contribution in [0.1, 0.15) is 20.3 Å². The third kappa shape index (κ3) is 4.43. The average molecular weight is 259 g/mol. The molecule has 0 aromatic rings. The molecule has 0 saturated carbocycles. The molecule has 0 heterocycles. The van der Waals surface area contributed by atoms with Crippen molar-refractivity contribution in [3.8, 4) is 6.07 Å². The third-order valence-electron chi connectivity index (χ3n) is 1.89. The molecule has 0 fully saturated rings. The van der Waals surface area contributed by atoms with E-state index in [2.05, 4.69) is 22.0 Å². The summed E-state index contributed by atoms with van der Waals surface area (Å²) in [7, 11) is 0. The Bertz CT molecular complexity index is 245. The molecule has 1 atom stereocenters. The quantitative estimate of drug-likeness (QED) is 0.560. The standard InChI is InChI=1S/C10H15BrN2O/c1-3-13(9(2)6-8-12)10(14)5-4-7-11/h4-5,9H,3,6-7H2,1-2H3/b5-4+/t9-/m1/s1. The molecule has 3 nitrogen and oxygen atoms in total. The van der Waals surface area contributed by atoms with Crippen LogP contribution in [0.5, 0.6) is 0 Å². The zero-order chi connectivity index (χ0) is 11.0. The Morgan fingerprint density at radius 3 is 2.79 bits per heavy atom. The minimum atomic E-state index is -0.0327. The van der Waals surface area contributed by atoms with E-state index in [0.717, 1.165) is 0 Å². The maximum atomic E-state index is 11.6. The van der Waals surface area contributed by atoms with Crippen molar-refractivity contribution in [3.63, 3.8) is 0 Å². The van der Waals surface area contributed by atoms with Crippen LogP contribution in [-0.4, -0.2) is 28.7 Å². The Balaban J connectivity index is 4.33. The number of amides is 1. The van der Waals surface area contributed by atoms with E-state index in [1.165, 1.54) is 6.08 Å². The lowest BCUT2D eigenvalue weighted by Crippen LogP contribution is -2.37. The Kier molecular flexibility index (Phi) is 7.13. The molecule has 0 aliphatic carbocycles. The van der Waals surface area contributed by atoms with Gasteiger partial charge in [0.2, 0.25) is 5.91 Å². The fourth-order valence-corrected chi connectivity index (χ4v) is 1.36. The van der Waals surface area contributed by atoms with E-state index in [0.29, 0.717) is 18.3 Å². The van der Waals surface area contributed by atoms with Gasteiger partial charge in [-0.25, -0.2) is 0 Å². The summed E-state index contributed by atoms with van der Waals surface area (Å²) >= 11 is 3.21. The Hall–Kier alpha value is -0.820. The number of carbonyl (C=O) groups excluding carboxylic acids is 1. The summed E-state index contributed by atoms with van der Waals surface area (Å²) in [5, 5.41) is 9.20. The normalized spacial score (nSPS) is 12.4. The highest BCUT2D eigenvalue weighted by molar-refractivity contribution is 9.09. The summed E-state index contributed by atoms with van der Waals surface area (Å²) in [6.45, 7) is 4.43. The monoisotopic (exact) mass is 258 g/mol. The average Bonchev–Trinajstić information content (AvgIpc) is 2.16. The third-order valence-corrected chi connectivity index (χ3v) is 2.27. The minimum absolute atomic E-state index is 0.0162. The van der Waals surface area contributed by atoms with Crippen molar-refractivity contribution in [3.05, 3.63) is 12.2 Å². The van der Waals surface area contributed by atoms with Gasteiger partial charge in [-0.05, 0) is 19.9 Å². The van der Waals surface area contributed by atoms with Crippen molar-refractivity contribution in [2.75, 3.05) is 11.9 Å². The molecule has 0 bridgehead atoms. The SMILES string of the molecule is CCN(C(=O)/C=C/CBr)[C@H](C)CC#N. The summed E-state index contributed by atoms with van der Waals surface area (Å²) in [6, 6.07) is 2.05. The number of alkyl halides is 1. The molecule has 0 unspecified atom stereocenters. The predicted octanol–water partition coefficient (Wildman–Crippen LogP) is 2.09. The molecule has 0 aliphatic rings. The largest absolute Gasteiger partial charge is 0.336 e. The summed E-state index contributed by atoms with van der Waals surface area (Å²) < 4.78 is 0. The molecule has 0 saturated heterocycles. The molecule has 1 amide bonds. The zero-order valence-corrected chi connectivity index (χ0v) is 10.1. The second kappa shape index (κ2) is 7.57. The van der Waals surface area contributed by atoms with Gasteiger partial charge in [0.25, 0.3) is 0 Å². The summed E-state index contributed by atoms with van der Waals surface area (Å²) in [5.41, 5.74) is 0. The van der Waals surface area contributed by atoms with Crippen LogP contribution in [0.2, 0.25) is 0 Å². The zero-order valence-electron chi connectivity index (χ0n) is 8.53. The van der Waals surface area contributed by atoms with E-state index >= 15 is 0 Å². The number of nitrogens with zero attached hydrogens (tertiary/aromatic N) is 2. The minimum Gasteiger partial charge on any atom is -0.336 e. The van der Waals surface area contributed by atoms with Gasteiger partial charge in [0, 0.05) is 17.9 Å². The van der Waals surface area contributed by atoms with Gasteiger partial charge >= 0.3 is 0 Å². The first-order valence-corrected chi connectivity index (χ1v) is 5.69. The predicted molar refractivity (Wildman–Crippen MR) is 60.0 cm³/mol. The van der Waals surface area contributed by atoms with Crippen LogP contribution in [0.4, 0.5) is 0 Å². The van der Waals surface area contributed by atoms with Gasteiger partial charge in [-0.2, -0.15) is 5.26 Å². The second-order valence-corrected chi connectivity index (χ2v) is 3.54. The van der Waals surface area contributed by atoms with Crippen LogP contribution in [0.3, 0.4) is 0 Å². The molecule has 0 aliphatic heterocycles. The van der Waals surface area contributed by atoms with Crippen LogP contribution in [0.15, 0.2) is 12.2 Å². The lowest BCUT2D eigenvalue weighted by Gasteiger charge is -2.24. The Morgan fingerprint density at radius 2 is 2.36 bits per heavy atom. The first-order chi connectivity index (χ1) is 6.67. The van der Waals surface area contributed by atoms with Crippen molar-refractivity contribution in [1.29, 1.82) is 5.26 Å². The van der Waals surface area contributed by atoms with Crippen molar-refractivity contribution in [2.24, 2.45) is 0 Å². The number of hydrogen-bond donors (Lipinski definition) is 0. The van der Waals surface area contributed by atoms with E-state index in [4.69, 9.17) is 5.26 Å². The molecule has 78 valence electrons. The molecule has 0 spiro atoms. The van der Waals surface area contributed by atoms with Gasteiger partial charge in [0.1, 0.15) is 0 Å². The van der Waals surface area contributed by atoms with Crippen molar-refractivity contribution >= 4 is 21.8 Å². The lowest BCUT2D eigenvalue weighted by atomic mass is 10.2.